The zero-order valence-electron chi connectivity index (χ0n) is 15.6. The summed E-state index contributed by atoms with van der Waals surface area (Å²) in [7, 11) is 0. The first-order valence-electron chi connectivity index (χ1n) is 9.01. The van der Waals surface area contributed by atoms with Gasteiger partial charge in [0.2, 0.25) is 0 Å². The summed E-state index contributed by atoms with van der Waals surface area (Å²) in [6.07, 6.45) is 9.19. The van der Waals surface area contributed by atoms with Crippen molar-refractivity contribution < 1.29 is 28.9 Å². The number of carboxylic acid groups (broad SMARTS) is 1. The molecule has 0 radical (unpaired) electrons. The minimum atomic E-state index is -0.866. The van der Waals surface area contributed by atoms with E-state index in [0.717, 1.165) is 31.9 Å². The Bertz CT molecular complexity index is 426. The topological polar surface area (TPSA) is 82.1 Å². The molecule has 0 heterocycles. The van der Waals surface area contributed by atoms with Crippen molar-refractivity contribution in [3.05, 3.63) is 38.5 Å². The summed E-state index contributed by atoms with van der Waals surface area (Å²) >= 11 is 0. The molecule has 1 N–H and O–H groups in total. The predicted molar refractivity (Wildman–Crippen MR) is 100 cm³/mol. The fourth-order valence-electron chi connectivity index (χ4n) is 2.92. The summed E-state index contributed by atoms with van der Waals surface area (Å²) in [5.41, 5.74) is -0.716. The van der Waals surface area contributed by atoms with Gasteiger partial charge in [-0.25, -0.2) is 0 Å². The predicted octanol–water partition coefficient (Wildman–Crippen LogP) is 4.58. The lowest BCUT2D eigenvalue weighted by Gasteiger charge is -2.31. The van der Waals surface area contributed by atoms with Crippen LogP contribution in [0, 0.1) is 5.41 Å². The van der Waals surface area contributed by atoms with Crippen molar-refractivity contribution in [2.75, 3.05) is 13.2 Å². The van der Waals surface area contributed by atoms with Crippen molar-refractivity contribution >= 4 is 11.9 Å². The zero-order chi connectivity index (χ0) is 19.7. The van der Waals surface area contributed by atoms with Crippen molar-refractivity contribution in [2.24, 2.45) is 5.41 Å². The summed E-state index contributed by atoms with van der Waals surface area (Å²) in [5, 5.41) is 8.91. The van der Waals surface area contributed by atoms with E-state index in [2.05, 4.69) is 19.7 Å². The van der Waals surface area contributed by atoms with Crippen LogP contribution in [0.2, 0.25) is 0 Å². The molecule has 0 saturated carbocycles. The van der Waals surface area contributed by atoms with E-state index in [1.807, 2.05) is 0 Å². The third-order valence-electron chi connectivity index (χ3n) is 4.24. The molecular weight excluding hydrogens is 336 g/mol. The number of hydrogen-bond acceptors (Lipinski definition) is 5. The molecule has 0 bridgehead atoms. The Labute approximate surface area is 156 Å². The van der Waals surface area contributed by atoms with E-state index >= 15 is 0 Å². The first-order valence-corrected chi connectivity index (χ1v) is 9.01. The SMILES string of the molecule is C=COCCCCC(CCCCOC=C)(CCCC(=O)O)C(=O)OC=C. The molecule has 0 aromatic heterocycles. The van der Waals surface area contributed by atoms with Gasteiger partial charge < -0.3 is 19.3 Å². The summed E-state index contributed by atoms with van der Waals surface area (Å²) < 4.78 is 15.3. The maximum Gasteiger partial charge on any atom is 0.316 e. The number of carbonyl (C=O) groups is 2. The summed E-state index contributed by atoms with van der Waals surface area (Å²) in [6, 6.07) is 0. The van der Waals surface area contributed by atoms with Crippen LogP contribution >= 0.6 is 0 Å². The van der Waals surface area contributed by atoms with Crippen molar-refractivity contribution in [2.45, 2.75) is 57.8 Å². The number of aliphatic carboxylic acids is 1. The fraction of sp³-hybridized carbons (Fsp3) is 0.600. The minimum absolute atomic E-state index is 0.0300. The van der Waals surface area contributed by atoms with Crippen molar-refractivity contribution in [3.8, 4) is 0 Å². The first kappa shape index (κ1) is 23.8. The molecule has 0 unspecified atom stereocenters. The van der Waals surface area contributed by atoms with Gasteiger partial charge in [-0.05, 0) is 51.4 Å². The van der Waals surface area contributed by atoms with E-state index in [-0.39, 0.29) is 12.4 Å². The van der Waals surface area contributed by atoms with Gasteiger partial charge >= 0.3 is 11.9 Å². The molecule has 0 atom stereocenters. The highest BCUT2D eigenvalue weighted by atomic mass is 16.5. The Hall–Kier alpha value is -2.24. The molecule has 26 heavy (non-hydrogen) atoms. The van der Waals surface area contributed by atoms with E-state index < -0.39 is 11.4 Å². The molecule has 0 aliphatic carbocycles. The molecule has 148 valence electrons. The number of carboxylic acids is 1. The Morgan fingerprint density at radius 2 is 1.31 bits per heavy atom. The van der Waals surface area contributed by atoms with Gasteiger partial charge in [0, 0.05) is 6.42 Å². The third-order valence-corrected chi connectivity index (χ3v) is 4.24. The van der Waals surface area contributed by atoms with Gasteiger partial charge in [-0.2, -0.15) is 0 Å². The lowest BCUT2D eigenvalue weighted by atomic mass is 9.74. The largest absolute Gasteiger partial charge is 0.502 e. The number of unbranched alkanes of at least 4 members (excludes halogenated alkanes) is 2. The second-order valence-electron chi connectivity index (χ2n) is 6.09. The standard InChI is InChI=1S/C20H32O6/c1-4-24-16-9-7-13-20(19(23)26-6-3,15-11-12-18(21)22)14-8-10-17-25-5-2/h4-6H,1-3,7-17H2,(H,21,22). The molecule has 0 spiro atoms. The van der Waals surface area contributed by atoms with E-state index in [0.29, 0.717) is 38.9 Å². The lowest BCUT2D eigenvalue weighted by Crippen LogP contribution is -2.33. The number of carbonyl (C=O) groups excluding carboxylic acids is 1. The van der Waals surface area contributed by atoms with Crippen LogP contribution in [-0.4, -0.2) is 30.3 Å². The van der Waals surface area contributed by atoms with Crippen LogP contribution in [0.15, 0.2) is 38.5 Å². The molecule has 0 aliphatic rings. The van der Waals surface area contributed by atoms with Crippen LogP contribution in [0.25, 0.3) is 0 Å². The second kappa shape index (κ2) is 15.0. The Morgan fingerprint density at radius 3 is 1.73 bits per heavy atom. The van der Waals surface area contributed by atoms with Crippen LogP contribution in [0.1, 0.15) is 57.8 Å². The molecule has 6 heteroatoms. The third kappa shape index (κ3) is 10.6. The van der Waals surface area contributed by atoms with Gasteiger partial charge in [0.1, 0.15) is 0 Å². The van der Waals surface area contributed by atoms with Crippen molar-refractivity contribution in [1.82, 2.24) is 0 Å². The Balaban J connectivity index is 4.95. The number of hydrogen-bond donors (Lipinski definition) is 1. The van der Waals surface area contributed by atoms with Gasteiger partial charge in [-0.1, -0.05) is 19.7 Å². The van der Waals surface area contributed by atoms with Crippen LogP contribution in [0.3, 0.4) is 0 Å². The van der Waals surface area contributed by atoms with Gasteiger partial charge in [-0.15, -0.1) is 0 Å². The highest BCUT2D eigenvalue weighted by molar-refractivity contribution is 5.77. The van der Waals surface area contributed by atoms with Gasteiger partial charge in [0.15, 0.2) is 0 Å². The molecule has 0 saturated heterocycles. The molecule has 0 aliphatic heterocycles. The quantitative estimate of drug-likeness (QED) is 0.217. The molecule has 0 fully saturated rings. The molecule has 0 aromatic carbocycles. The van der Waals surface area contributed by atoms with E-state index in [9.17, 15) is 9.59 Å². The number of rotatable bonds is 18. The van der Waals surface area contributed by atoms with Gasteiger partial charge in [-0.3, -0.25) is 9.59 Å². The Kier molecular flexibility index (Phi) is 13.8. The monoisotopic (exact) mass is 368 g/mol. The van der Waals surface area contributed by atoms with Crippen LogP contribution in [-0.2, 0) is 23.8 Å². The van der Waals surface area contributed by atoms with Crippen LogP contribution in [0.5, 0.6) is 0 Å². The van der Waals surface area contributed by atoms with Gasteiger partial charge in [0.05, 0.1) is 37.4 Å². The molecule has 0 amide bonds. The van der Waals surface area contributed by atoms with Crippen LogP contribution < -0.4 is 0 Å². The van der Waals surface area contributed by atoms with E-state index in [4.69, 9.17) is 19.3 Å². The maximum atomic E-state index is 12.6. The van der Waals surface area contributed by atoms with E-state index in [1.54, 1.807) is 0 Å². The fourth-order valence-corrected chi connectivity index (χ4v) is 2.92. The summed E-state index contributed by atoms with van der Waals surface area (Å²) in [5.74, 6) is -1.21. The number of ether oxygens (including phenoxy) is 3. The molecule has 6 nitrogen and oxygen atoms in total. The smallest absolute Gasteiger partial charge is 0.316 e. The zero-order valence-corrected chi connectivity index (χ0v) is 15.6. The Morgan fingerprint density at radius 1 is 0.808 bits per heavy atom. The lowest BCUT2D eigenvalue weighted by molar-refractivity contribution is -0.152. The van der Waals surface area contributed by atoms with Crippen LogP contribution in [0.4, 0.5) is 0 Å². The van der Waals surface area contributed by atoms with Crippen molar-refractivity contribution in [1.29, 1.82) is 0 Å². The average molecular weight is 368 g/mol. The number of esters is 1. The normalized spacial score (nSPS) is 10.6. The second-order valence-corrected chi connectivity index (χ2v) is 6.09. The minimum Gasteiger partial charge on any atom is -0.502 e. The highest BCUT2D eigenvalue weighted by Crippen LogP contribution is 2.38. The average Bonchev–Trinajstić information content (AvgIpc) is 2.60. The molecule has 0 aromatic rings. The summed E-state index contributed by atoms with van der Waals surface area (Å²) in [4.78, 5) is 23.5. The maximum absolute atomic E-state index is 12.6. The van der Waals surface area contributed by atoms with Gasteiger partial charge in [0.25, 0.3) is 0 Å². The van der Waals surface area contributed by atoms with Crippen molar-refractivity contribution in [3.63, 3.8) is 0 Å². The molecular formula is C20H32O6. The molecule has 0 rings (SSSR count). The summed E-state index contributed by atoms with van der Waals surface area (Å²) in [6.45, 7) is 11.5. The first-order chi connectivity index (χ1) is 12.5. The van der Waals surface area contributed by atoms with E-state index in [1.165, 1.54) is 12.5 Å². The highest BCUT2D eigenvalue weighted by Gasteiger charge is 2.38.